The minimum absolute atomic E-state index is 0.333. The molecule has 116 valence electrons. The van der Waals surface area contributed by atoms with E-state index in [1.807, 2.05) is 0 Å². The summed E-state index contributed by atoms with van der Waals surface area (Å²) < 4.78 is 0. The van der Waals surface area contributed by atoms with Crippen LogP contribution in [0.2, 0.25) is 0 Å². The van der Waals surface area contributed by atoms with Gasteiger partial charge < -0.3 is 15.5 Å². The number of fused-ring (bicyclic) bond motifs is 1. The summed E-state index contributed by atoms with van der Waals surface area (Å²) in [5.41, 5.74) is 0.755. The summed E-state index contributed by atoms with van der Waals surface area (Å²) in [5.74, 6) is 1.47. The minimum atomic E-state index is 0.333. The Bertz CT molecular complexity index is 563. The topological polar surface area (TPSA) is 81.8 Å². The normalized spacial score (nSPS) is 12.8. The molecule has 2 aromatic heterocycles. The molecule has 0 radical (unpaired) electrons. The second kappa shape index (κ2) is 7.21. The monoisotopic (exact) mass is 291 g/mol. The summed E-state index contributed by atoms with van der Waals surface area (Å²) in [5, 5.41) is 14.6. The largest absolute Gasteiger partial charge is 0.367 e. The molecule has 7 heteroatoms. The Morgan fingerprint density at radius 3 is 2.86 bits per heavy atom. The van der Waals surface area contributed by atoms with Gasteiger partial charge in [0, 0.05) is 12.6 Å². The van der Waals surface area contributed by atoms with Crippen molar-refractivity contribution in [2.75, 3.05) is 37.8 Å². The van der Waals surface area contributed by atoms with E-state index in [2.05, 4.69) is 63.6 Å². The maximum atomic E-state index is 4.57. The maximum Gasteiger partial charge on any atom is 0.226 e. The number of hydrogen-bond acceptors (Lipinski definition) is 6. The first-order valence-corrected chi connectivity index (χ1v) is 7.46. The van der Waals surface area contributed by atoms with Gasteiger partial charge in [0.05, 0.1) is 11.6 Å². The molecule has 0 fully saturated rings. The molecule has 0 aliphatic carbocycles. The molecule has 0 saturated carbocycles. The molecule has 0 aliphatic heterocycles. The Kier molecular flexibility index (Phi) is 5.32. The summed E-state index contributed by atoms with van der Waals surface area (Å²) in [4.78, 5) is 11.2. The van der Waals surface area contributed by atoms with Crippen LogP contribution >= 0.6 is 0 Å². The molecular weight excluding hydrogens is 266 g/mol. The quantitative estimate of drug-likeness (QED) is 0.689. The minimum Gasteiger partial charge on any atom is -0.367 e. The lowest BCUT2D eigenvalue weighted by Crippen LogP contribution is -2.23. The zero-order valence-electron chi connectivity index (χ0n) is 13.3. The van der Waals surface area contributed by atoms with E-state index >= 15 is 0 Å². The fraction of sp³-hybridized carbons (Fsp3) is 0.643. The predicted molar refractivity (Wildman–Crippen MR) is 86.7 cm³/mol. The Morgan fingerprint density at radius 2 is 2.14 bits per heavy atom. The molecule has 2 heterocycles. The van der Waals surface area contributed by atoms with Crippen molar-refractivity contribution < 1.29 is 0 Å². The van der Waals surface area contributed by atoms with Gasteiger partial charge in [-0.2, -0.15) is 15.1 Å². The van der Waals surface area contributed by atoms with Gasteiger partial charge in [-0.25, -0.2) is 0 Å². The van der Waals surface area contributed by atoms with Crippen molar-refractivity contribution in [1.29, 1.82) is 0 Å². The van der Waals surface area contributed by atoms with Gasteiger partial charge in [0.2, 0.25) is 5.95 Å². The Hall–Kier alpha value is -1.89. The van der Waals surface area contributed by atoms with Crippen molar-refractivity contribution in [2.45, 2.75) is 32.7 Å². The SMILES string of the molecule is CCCNc1nc(NC(C)CCN(C)C)c2cn[nH]c2n1. The summed E-state index contributed by atoms with van der Waals surface area (Å²) in [6.07, 6.45) is 3.85. The number of hydrogen-bond donors (Lipinski definition) is 3. The summed E-state index contributed by atoms with van der Waals surface area (Å²) >= 11 is 0. The highest BCUT2D eigenvalue weighted by Gasteiger charge is 2.11. The smallest absolute Gasteiger partial charge is 0.226 e. The summed E-state index contributed by atoms with van der Waals surface area (Å²) in [7, 11) is 4.16. The van der Waals surface area contributed by atoms with Crippen LogP contribution in [0.15, 0.2) is 6.20 Å². The molecule has 7 nitrogen and oxygen atoms in total. The van der Waals surface area contributed by atoms with Crippen molar-refractivity contribution in [3.63, 3.8) is 0 Å². The van der Waals surface area contributed by atoms with Gasteiger partial charge in [-0.15, -0.1) is 0 Å². The average molecular weight is 291 g/mol. The molecule has 0 amide bonds. The third-order valence-corrected chi connectivity index (χ3v) is 3.24. The van der Waals surface area contributed by atoms with Crippen molar-refractivity contribution in [3.05, 3.63) is 6.20 Å². The molecule has 0 aliphatic rings. The number of anilines is 2. The molecular formula is C14H25N7. The molecule has 1 atom stereocenters. The van der Waals surface area contributed by atoms with Crippen molar-refractivity contribution >= 4 is 22.8 Å². The molecule has 0 spiro atoms. The number of aromatic nitrogens is 4. The fourth-order valence-corrected chi connectivity index (χ4v) is 2.02. The molecule has 0 saturated heterocycles. The van der Waals surface area contributed by atoms with E-state index in [0.717, 1.165) is 42.8 Å². The standard InChI is InChI=1S/C14H25N7/c1-5-7-15-14-18-12(11-9-16-20-13(11)19-14)17-10(2)6-8-21(3)4/h9-10H,5-8H2,1-4H3,(H3,15,16,17,18,19,20). The first kappa shape index (κ1) is 15.5. The second-order valence-electron chi connectivity index (χ2n) is 5.59. The average Bonchev–Trinajstić information content (AvgIpc) is 2.91. The lowest BCUT2D eigenvalue weighted by atomic mass is 10.2. The van der Waals surface area contributed by atoms with E-state index in [1.54, 1.807) is 6.20 Å². The van der Waals surface area contributed by atoms with Crippen LogP contribution in [0.5, 0.6) is 0 Å². The van der Waals surface area contributed by atoms with Crippen LogP contribution in [-0.4, -0.2) is 58.3 Å². The van der Waals surface area contributed by atoms with Crippen LogP contribution < -0.4 is 10.6 Å². The zero-order chi connectivity index (χ0) is 15.2. The van der Waals surface area contributed by atoms with Crippen LogP contribution in [0.1, 0.15) is 26.7 Å². The van der Waals surface area contributed by atoms with Crippen LogP contribution in [0.4, 0.5) is 11.8 Å². The molecule has 2 aromatic rings. The number of nitrogens with zero attached hydrogens (tertiary/aromatic N) is 4. The molecule has 0 bridgehead atoms. The Morgan fingerprint density at radius 1 is 1.33 bits per heavy atom. The van der Waals surface area contributed by atoms with Crippen LogP contribution in [-0.2, 0) is 0 Å². The molecule has 3 N–H and O–H groups in total. The summed E-state index contributed by atoms with van der Waals surface area (Å²) in [6, 6.07) is 0.333. The lowest BCUT2D eigenvalue weighted by Gasteiger charge is -2.18. The molecule has 0 aromatic carbocycles. The van der Waals surface area contributed by atoms with Crippen LogP contribution in [0.3, 0.4) is 0 Å². The number of rotatable bonds is 8. The third kappa shape index (κ3) is 4.29. The van der Waals surface area contributed by atoms with Crippen LogP contribution in [0, 0.1) is 0 Å². The third-order valence-electron chi connectivity index (χ3n) is 3.24. The van der Waals surface area contributed by atoms with Gasteiger partial charge in [0.15, 0.2) is 5.65 Å². The number of nitrogens with one attached hydrogen (secondary N) is 3. The summed E-state index contributed by atoms with van der Waals surface area (Å²) in [6.45, 7) is 6.17. The van der Waals surface area contributed by atoms with Crippen molar-refractivity contribution in [2.24, 2.45) is 0 Å². The lowest BCUT2D eigenvalue weighted by molar-refractivity contribution is 0.390. The Balaban J connectivity index is 2.14. The van der Waals surface area contributed by atoms with Gasteiger partial charge in [-0.05, 0) is 40.4 Å². The number of aromatic amines is 1. The highest BCUT2D eigenvalue weighted by atomic mass is 15.2. The van der Waals surface area contributed by atoms with Gasteiger partial charge in [0.1, 0.15) is 5.82 Å². The van der Waals surface area contributed by atoms with Gasteiger partial charge >= 0.3 is 0 Å². The van der Waals surface area contributed by atoms with Crippen molar-refractivity contribution in [1.82, 2.24) is 25.1 Å². The van der Waals surface area contributed by atoms with E-state index in [-0.39, 0.29) is 0 Å². The zero-order valence-corrected chi connectivity index (χ0v) is 13.3. The van der Waals surface area contributed by atoms with Gasteiger partial charge in [-0.1, -0.05) is 6.92 Å². The van der Waals surface area contributed by atoms with Crippen LogP contribution in [0.25, 0.3) is 11.0 Å². The van der Waals surface area contributed by atoms with E-state index in [1.165, 1.54) is 0 Å². The highest BCUT2D eigenvalue weighted by Crippen LogP contribution is 2.21. The fourth-order valence-electron chi connectivity index (χ4n) is 2.02. The molecule has 21 heavy (non-hydrogen) atoms. The van der Waals surface area contributed by atoms with E-state index in [4.69, 9.17) is 0 Å². The first-order chi connectivity index (χ1) is 10.1. The first-order valence-electron chi connectivity index (χ1n) is 7.46. The van der Waals surface area contributed by atoms with Crippen molar-refractivity contribution in [3.8, 4) is 0 Å². The van der Waals surface area contributed by atoms with E-state index in [9.17, 15) is 0 Å². The molecule has 2 rings (SSSR count). The van der Waals surface area contributed by atoms with Gasteiger partial charge in [0.25, 0.3) is 0 Å². The number of H-pyrrole nitrogens is 1. The maximum absolute atomic E-state index is 4.57. The second-order valence-corrected chi connectivity index (χ2v) is 5.59. The van der Waals surface area contributed by atoms with E-state index in [0.29, 0.717) is 12.0 Å². The highest BCUT2D eigenvalue weighted by molar-refractivity contribution is 5.87. The Labute approximate surface area is 125 Å². The molecule has 1 unspecified atom stereocenters. The van der Waals surface area contributed by atoms with E-state index < -0.39 is 0 Å². The predicted octanol–water partition coefficient (Wildman–Crippen LogP) is 1.93. The van der Waals surface area contributed by atoms with Gasteiger partial charge in [-0.3, -0.25) is 5.10 Å².